The SMILES string of the molecule is COc1ccc(Cl)cc1CSc1ccc(C(=O)O)cn1. The number of rotatable bonds is 5. The molecule has 0 saturated heterocycles. The molecule has 0 spiro atoms. The molecule has 0 aliphatic heterocycles. The molecule has 2 aromatic rings. The van der Waals surface area contributed by atoms with Crippen molar-refractivity contribution in [3.05, 3.63) is 52.7 Å². The van der Waals surface area contributed by atoms with Crippen LogP contribution in [0, 0.1) is 0 Å². The third-order valence-corrected chi connectivity index (χ3v) is 3.83. The Hall–Kier alpha value is -1.72. The van der Waals surface area contributed by atoms with E-state index >= 15 is 0 Å². The van der Waals surface area contributed by atoms with Crippen molar-refractivity contribution in [1.29, 1.82) is 0 Å². The Bertz CT molecular complexity index is 616. The fourth-order valence-corrected chi connectivity index (χ4v) is 2.62. The van der Waals surface area contributed by atoms with Gasteiger partial charge in [-0.15, -0.1) is 11.8 Å². The first-order valence-corrected chi connectivity index (χ1v) is 7.11. The zero-order valence-corrected chi connectivity index (χ0v) is 12.2. The highest BCUT2D eigenvalue weighted by Gasteiger charge is 2.07. The number of ether oxygens (including phenoxy) is 1. The highest BCUT2D eigenvalue weighted by atomic mass is 35.5. The monoisotopic (exact) mass is 309 g/mol. The van der Waals surface area contributed by atoms with E-state index in [9.17, 15) is 4.79 Å². The van der Waals surface area contributed by atoms with Gasteiger partial charge in [0.2, 0.25) is 0 Å². The molecule has 0 radical (unpaired) electrons. The first-order valence-electron chi connectivity index (χ1n) is 5.74. The molecule has 0 unspecified atom stereocenters. The summed E-state index contributed by atoms with van der Waals surface area (Å²) >= 11 is 7.45. The molecule has 0 aliphatic rings. The number of nitrogens with zero attached hydrogens (tertiary/aromatic N) is 1. The highest BCUT2D eigenvalue weighted by molar-refractivity contribution is 7.98. The number of carboxylic acid groups (broad SMARTS) is 1. The Morgan fingerprint density at radius 1 is 1.40 bits per heavy atom. The van der Waals surface area contributed by atoms with E-state index in [1.165, 1.54) is 24.0 Å². The van der Waals surface area contributed by atoms with E-state index in [4.69, 9.17) is 21.4 Å². The van der Waals surface area contributed by atoms with Crippen molar-refractivity contribution in [1.82, 2.24) is 4.98 Å². The van der Waals surface area contributed by atoms with Gasteiger partial charge in [-0.1, -0.05) is 11.6 Å². The van der Waals surface area contributed by atoms with Gasteiger partial charge in [-0.25, -0.2) is 9.78 Å². The Labute approximate surface area is 125 Å². The lowest BCUT2D eigenvalue weighted by atomic mass is 10.2. The molecule has 0 fully saturated rings. The van der Waals surface area contributed by atoms with E-state index in [0.29, 0.717) is 10.8 Å². The maximum Gasteiger partial charge on any atom is 0.337 e. The van der Waals surface area contributed by atoms with Gasteiger partial charge in [-0.2, -0.15) is 0 Å². The molecule has 2 rings (SSSR count). The fourth-order valence-electron chi connectivity index (χ4n) is 1.60. The third-order valence-electron chi connectivity index (χ3n) is 2.60. The standard InChI is InChI=1S/C14H12ClNO3S/c1-19-12-4-3-11(15)6-10(12)8-20-13-5-2-9(7-16-13)14(17)18/h2-7H,8H2,1H3,(H,17,18). The van der Waals surface area contributed by atoms with Crippen molar-refractivity contribution in [3.8, 4) is 5.75 Å². The van der Waals surface area contributed by atoms with Crippen LogP contribution in [0.4, 0.5) is 0 Å². The van der Waals surface area contributed by atoms with Crippen LogP contribution < -0.4 is 4.74 Å². The van der Waals surface area contributed by atoms with Crippen molar-refractivity contribution in [2.24, 2.45) is 0 Å². The summed E-state index contributed by atoms with van der Waals surface area (Å²) in [7, 11) is 1.61. The second kappa shape index (κ2) is 6.63. The Morgan fingerprint density at radius 2 is 2.20 bits per heavy atom. The van der Waals surface area contributed by atoms with Gasteiger partial charge >= 0.3 is 5.97 Å². The number of methoxy groups -OCH3 is 1. The topological polar surface area (TPSA) is 59.4 Å². The maximum absolute atomic E-state index is 10.7. The van der Waals surface area contributed by atoms with E-state index < -0.39 is 5.97 Å². The Morgan fingerprint density at radius 3 is 2.80 bits per heavy atom. The number of thioether (sulfide) groups is 1. The van der Waals surface area contributed by atoms with Crippen LogP contribution in [0.1, 0.15) is 15.9 Å². The number of carbonyl (C=O) groups is 1. The lowest BCUT2D eigenvalue weighted by Crippen LogP contribution is -1.97. The van der Waals surface area contributed by atoms with Gasteiger partial charge in [-0.05, 0) is 30.3 Å². The van der Waals surface area contributed by atoms with Crippen molar-refractivity contribution < 1.29 is 14.6 Å². The summed E-state index contributed by atoms with van der Waals surface area (Å²) in [5.74, 6) is 0.429. The van der Waals surface area contributed by atoms with Crippen molar-refractivity contribution in [3.63, 3.8) is 0 Å². The number of pyridine rings is 1. The maximum atomic E-state index is 10.7. The summed E-state index contributed by atoms with van der Waals surface area (Å²) in [5.41, 5.74) is 1.14. The number of carboxylic acids is 1. The van der Waals surface area contributed by atoms with Crippen LogP contribution in [-0.2, 0) is 5.75 Å². The third kappa shape index (κ3) is 3.65. The molecule has 6 heteroatoms. The predicted octanol–water partition coefficient (Wildman–Crippen LogP) is 3.73. The van der Waals surface area contributed by atoms with Gasteiger partial charge in [0.1, 0.15) is 5.75 Å². The van der Waals surface area contributed by atoms with Crippen molar-refractivity contribution in [2.75, 3.05) is 7.11 Å². The van der Waals surface area contributed by atoms with E-state index in [1.807, 2.05) is 12.1 Å². The summed E-state index contributed by atoms with van der Waals surface area (Å²) in [6.07, 6.45) is 1.35. The molecule has 1 aromatic heterocycles. The molecule has 1 N–H and O–H groups in total. The molecular formula is C14H12ClNO3S. The zero-order valence-electron chi connectivity index (χ0n) is 10.7. The molecule has 1 heterocycles. The van der Waals surface area contributed by atoms with E-state index in [-0.39, 0.29) is 5.56 Å². The fraction of sp³-hybridized carbons (Fsp3) is 0.143. The minimum absolute atomic E-state index is 0.176. The van der Waals surface area contributed by atoms with Gasteiger partial charge in [-0.3, -0.25) is 0 Å². The first kappa shape index (κ1) is 14.7. The van der Waals surface area contributed by atoms with Crippen LogP contribution in [-0.4, -0.2) is 23.2 Å². The highest BCUT2D eigenvalue weighted by Crippen LogP contribution is 2.29. The van der Waals surface area contributed by atoms with Crippen LogP contribution in [0.3, 0.4) is 0 Å². The van der Waals surface area contributed by atoms with E-state index in [1.54, 1.807) is 19.2 Å². The minimum atomic E-state index is -0.981. The molecule has 1 aromatic carbocycles. The van der Waals surface area contributed by atoms with Crippen molar-refractivity contribution >= 4 is 29.3 Å². The smallest absolute Gasteiger partial charge is 0.337 e. The molecule has 0 aliphatic carbocycles. The van der Waals surface area contributed by atoms with Gasteiger partial charge < -0.3 is 9.84 Å². The summed E-state index contributed by atoms with van der Waals surface area (Å²) in [6.45, 7) is 0. The van der Waals surface area contributed by atoms with E-state index in [2.05, 4.69) is 4.98 Å². The lowest BCUT2D eigenvalue weighted by Gasteiger charge is -2.08. The summed E-state index contributed by atoms with van der Waals surface area (Å²) in [6, 6.07) is 8.66. The number of aromatic nitrogens is 1. The number of hydrogen-bond donors (Lipinski definition) is 1. The quantitative estimate of drug-likeness (QED) is 0.853. The van der Waals surface area contributed by atoms with Crippen LogP contribution in [0.25, 0.3) is 0 Å². The summed E-state index contributed by atoms with van der Waals surface area (Å²) in [5, 5.41) is 10.2. The zero-order chi connectivity index (χ0) is 14.5. The Kier molecular flexibility index (Phi) is 4.87. The average Bonchev–Trinajstić information content (AvgIpc) is 2.45. The number of aromatic carboxylic acids is 1. The second-order valence-electron chi connectivity index (χ2n) is 3.94. The van der Waals surface area contributed by atoms with Gasteiger partial charge in [0, 0.05) is 22.5 Å². The first-order chi connectivity index (χ1) is 9.60. The second-order valence-corrected chi connectivity index (χ2v) is 5.37. The minimum Gasteiger partial charge on any atom is -0.496 e. The lowest BCUT2D eigenvalue weighted by molar-refractivity contribution is 0.0696. The van der Waals surface area contributed by atoms with Crippen LogP contribution in [0.15, 0.2) is 41.6 Å². The van der Waals surface area contributed by atoms with Gasteiger partial charge in [0.15, 0.2) is 0 Å². The summed E-state index contributed by atoms with van der Waals surface area (Å²) in [4.78, 5) is 14.8. The molecule has 104 valence electrons. The summed E-state index contributed by atoms with van der Waals surface area (Å²) < 4.78 is 5.27. The molecule has 0 atom stereocenters. The van der Waals surface area contributed by atoms with E-state index in [0.717, 1.165) is 16.3 Å². The average molecular weight is 310 g/mol. The number of benzene rings is 1. The number of halogens is 1. The molecule has 0 bridgehead atoms. The molecule has 20 heavy (non-hydrogen) atoms. The van der Waals surface area contributed by atoms with Crippen LogP contribution in [0.2, 0.25) is 5.02 Å². The molecule has 0 amide bonds. The van der Waals surface area contributed by atoms with Crippen molar-refractivity contribution in [2.45, 2.75) is 10.8 Å². The largest absolute Gasteiger partial charge is 0.496 e. The molecular weight excluding hydrogens is 298 g/mol. The predicted molar refractivity (Wildman–Crippen MR) is 78.8 cm³/mol. The van der Waals surface area contributed by atoms with Gasteiger partial charge in [0.05, 0.1) is 17.7 Å². The number of hydrogen-bond acceptors (Lipinski definition) is 4. The van der Waals surface area contributed by atoms with Crippen LogP contribution in [0.5, 0.6) is 5.75 Å². The normalized spacial score (nSPS) is 10.3. The molecule has 0 saturated carbocycles. The van der Waals surface area contributed by atoms with Crippen LogP contribution >= 0.6 is 23.4 Å². The van der Waals surface area contributed by atoms with Gasteiger partial charge in [0.25, 0.3) is 0 Å². The molecule has 4 nitrogen and oxygen atoms in total. The Balaban J connectivity index is 2.08.